The average molecular weight is 315 g/mol. The number of amides is 1. The van der Waals surface area contributed by atoms with E-state index in [1.54, 1.807) is 15.8 Å². The predicted octanol–water partition coefficient (Wildman–Crippen LogP) is 1.00. The molecule has 1 saturated heterocycles. The number of rotatable bonds is 5. The minimum absolute atomic E-state index is 0.0319. The molecule has 6 heteroatoms. The summed E-state index contributed by atoms with van der Waals surface area (Å²) in [5.74, 6) is 0.741. The summed E-state index contributed by atoms with van der Waals surface area (Å²) in [6.45, 7) is 0.738. The standard InChI is InChI=1S/C17H21N3O3/c1-19-13(9-10-18-19)7-8-17(22)20-11-15(21)16(12-20)23-14-5-3-2-4-6-14/h2-6,9-10,15-16,21H,7-8,11-12H2,1H3/t15-,16-/m1/s1. The Bertz CT molecular complexity index is 656. The number of hydrogen-bond donors (Lipinski definition) is 1. The Hall–Kier alpha value is -2.34. The van der Waals surface area contributed by atoms with Gasteiger partial charge in [-0.2, -0.15) is 5.10 Å². The first kappa shape index (κ1) is 15.6. The second-order valence-electron chi connectivity index (χ2n) is 5.78. The number of para-hydroxylation sites is 1. The maximum Gasteiger partial charge on any atom is 0.223 e. The van der Waals surface area contributed by atoms with Crippen molar-refractivity contribution in [2.24, 2.45) is 7.05 Å². The highest BCUT2D eigenvalue weighted by Gasteiger charge is 2.35. The van der Waals surface area contributed by atoms with Gasteiger partial charge in [0.15, 0.2) is 0 Å². The SMILES string of the molecule is Cn1nccc1CCC(=O)N1C[C@@H](O)[C@H](Oc2ccccc2)C1. The topological polar surface area (TPSA) is 67.6 Å². The number of aliphatic hydroxyl groups excluding tert-OH is 1. The highest BCUT2D eigenvalue weighted by atomic mass is 16.5. The molecule has 1 amide bonds. The van der Waals surface area contributed by atoms with E-state index in [0.29, 0.717) is 31.7 Å². The quantitative estimate of drug-likeness (QED) is 0.894. The third-order valence-corrected chi connectivity index (χ3v) is 4.14. The Kier molecular flexibility index (Phi) is 4.62. The number of carbonyl (C=O) groups is 1. The minimum Gasteiger partial charge on any atom is -0.486 e. The second kappa shape index (κ2) is 6.83. The Morgan fingerprint density at radius 2 is 2.09 bits per heavy atom. The van der Waals surface area contributed by atoms with Crippen LogP contribution < -0.4 is 4.74 Å². The number of likely N-dealkylation sites (tertiary alicyclic amines) is 1. The summed E-state index contributed by atoms with van der Waals surface area (Å²) in [6, 6.07) is 11.3. The molecular weight excluding hydrogens is 294 g/mol. The molecule has 3 rings (SSSR count). The summed E-state index contributed by atoms with van der Waals surface area (Å²) in [6.07, 6.45) is 1.74. The van der Waals surface area contributed by atoms with Gasteiger partial charge in [-0.3, -0.25) is 9.48 Å². The molecule has 1 aliphatic rings. The molecule has 0 aliphatic carbocycles. The molecule has 0 unspecified atom stereocenters. The number of aromatic nitrogens is 2. The Balaban J connectivity index is 1.53. The van der Waals surface area contributed by atoms with Gasteiger partial charge in [0.1, 0.15) is 18.0 Å². The molecule has 1 aromatic carbocycles. The molecule has 6 nitrogen and oxygen atoms in total. The van der Waals surface area contributed by atoms with Gasteiger partial charge in [-0.25, -0.2) is 0 Å². The van der Waals surface area contributed by atoms with Gasteiger partial charge in [-0.05, 0) is 24.6 Å². The van der Waals surface area contributed by atoms with Gasteiger partial charge in [0.05, 0.1) is 13.1 Å². The van der Waals surface area contributed by atoms with Crippen molar-refractivity contribution in [3.63, 3.8) is 0 Å². The van der Waals surface area contributed by atoms with Crippen molar-refractivity contribution in [1.29, 1.82) is 0 Å². The molecule has 1 fully saturated rings. The van der Waals surface area contributed by atoms with Gasteiger partial charge >= 0.3 is 0 Å². The number of nitrogens with zero attached hydrogens (tertiary/aromatic N) is 3. The smallest absolute Gasteiger partial charge is 0.223 e. The number of hydrogen-bond acceptors (Lipinski definition) is 4. The van der Waals surface area contributed by atoms with Gasteiger partial charge in [0.25, 0.3) is 0 Å². The molecule has 1 N–H and O–H groups in total. The van der Waals surface area contributed by atoms with E-state index in [1.165, 1.54) is 0 Å². The summed E-state index contributed by atoms with van der Waals surface area (Å²) in [5, 5.41) is 14.2. The summed E-state index contributed by atoms with van der Waals surface area (Å²) >= 11 is 0. The van der Waals surface area contributed by atoms with E-state index in [4.69, 9.17) is 4.74 Å². The van der Waals surface area contributed by atoms with Crippen molar-refractivity contribution in [3.05, 3.63) is 48.3 Å². The lowest BCUT2D eigenvalue weighted by molar-refractivity contribution is -0.130. The molecule has 0 saturated carbocycles. The number of aryl methyl sites for hydroxylation is 2. The highest BCUT2D eigenvalue weighted by Crippen LogP contribution is 2.19. The molecule has 2 atom stereocenters. The summed E-state index contributed by atoms with van der Waals surface area (Å²) in [5.41, 5.74) is 1.02. The highest BCUT2D eigenvalue weighted by molar-refractivity contribution is 5.76. The third-order valence-electron chi connectivity index (χ3n) is 4.14. The van der Waals surface area contributed by atoms with Crippen LogP contribution in [0, 0.1) is 0 Å². The van der Waals surface area contributed by atoms with Crippen LogP contribution in [0.25, 0.3) is 0 Å². The van der Waals surface area contributed by atoms with E-state index < -0.39 is 6.10 Å². The Labute approximate surface area is 135 Å². The van der Waals surface area contributed by atoms with Crippen molar-refractivity contribution in [2.45, 2.75) is 25.0 Å². The van der Waals surface area contributed by atoms with Crippen LogP contribution in [-0.2, 0) is 18.3 Å². The molecule has 0 radical (unpaired) electrons. The summed E-state index contributed by atoms with van der Waals surface area (Å²) < 4.78 is 7.55. The largest absolute Gasteiger partial charge is 0.486 e. The maximum absolute atomic E-state index is 12.3. The van der Waals surface area contributed by atoms with E-state index in [0.717, 1.165) is 5.69 Å². The van der Waals surface area contributed by atoms with Crippen LogP contribution in [0.15, 0.2) is 42.6 Å². The second-order valence-corrected chi connectivity index (χ2v) is 5.78. The van der Waals surface area contributed by atoms with Crippen LogP contribution in [0.1, 0.15) is 12.1 Å². The van der Waals surface area contributed by atoms with E-state index in [2.05, 4.69) is 5.10 Å². The number of β-amino-alcohol motifs (C(OH)–C–C–N with tert-alkyl or cyclic N) is 1. The molecule has 1 aliphatic heterocycles. The molecule has 23 heavy (non-hydrogen) atoms. The monoisotopic (exact) mass is 315 g/mol. The number of benzene rings is 1. The first-order chi connectivity index (χ1) is 11.1. The van der Waals surface area contributed by atoms with Crippen molar-refractivity contribution < 1.29 is 14.6 Å². The fourth-order valence-corrected chi connectivity index (χ4v) is 2.79. The van der Waals surface area contributed by atoms with Gasteiger partial charge < -0.3 is 14.7 Å². The lowest BCUT2D eigenvalue weighted by Gasteiger charge is -2.17. The van der Waals surface area contributed by atoms with E-state index in [-0.39, 0.29) is 12.0 Å². The van der Waals surface area contributed by atoms with Crippen LogP contribution in [-0.4, -0.2) is 51.0 Å². The molecule has 0 spiro atoms. The normalized spacial score (nSPS) is 20.7. The molecule has 2 aromatic rings. The Morgan fingerprint density at radius 1 is 1.30 bits per heavy atom. The number of aliphatic hydroxyl groups is 1. The summed E-state index contributed by atoms with van der Waals surface area (Å²) in [7, 11) is 1.86. The van der Waals surface area contributed by atoms with Gasteiger partial charge in [0.2, 0.25) is 5.91 Å². The zero-order chi connectivity index (χ0) is 16.2. The number of ether oxygens (including phenoxy) is 1. The molecule has 122 valence electrons. The van der Waals surface area contributed by atoms with Crippen molar-refractivity contribution in [2.75, 3.05) is 13.1 Å². The first-order valence-electron chi connectivity index (χ1n) is 7.78. The lowest BCUT2D eigenvalue weighted by atomic mass is 10.2. The average Bonchev–Trinajstić information content (AvgIpc) is 3.12. The van der Waals surface area contributed by atoms with Crippen molar-refractivity contribution >= 4 is 5.91 Å². The van der Waals surface area contributed by atoms with E-state index in [9.17, 15) is 9.90 Å². The lowest BCUT2D eigenvalue weighted by Crippen LogP contribution is -2.31. The number of carbonyl (C=O) groups excluding carboxylic acids is 1. The molecule has 0 bridgehead atoms. The fourth-order valence-electron chi connectivity index (χ4n) is 2.79. The van der Waals surface area contributed by atoms with Gasteiger partial charge in [-0.1, -0.05) is 18.2 Å². The summed E-state index contributed by atoms with van der Waals surface area (Å²) in [4.78, 5) is 14.0. The van der Waals surface area contributed by atoms with Gasteiger partial charge in [0, 0.05) is 25.4 Å². The van der Waals surface area contributed by atoms with Crippen molar-refractivity contribution in [1.82, 2.24) is 14.7 Å². The van der Waals surface area contributed by atoms with Crippen LogP contribution in [0.4, 0.5) is 0 Å². The molecular formula is C17H21N3O3. The first-order valence-corrected chi connectivity index (χ1v) is 7.78. The maximum atomic E-state index is 12.3. The van der Waals surface area contributed by atoms with Crippen LogP contribution in [0.3, 0.4) is 0 Å². The molecule has 2 heterocycles. The van der Waals surface area contributed by atoms with Crippen molar-refractivity contribution in [3.8, 4) is 5.75 Å². The third kappa shape index (κ3) is 3.71. The van der Waals surface area contributed by atoms with Crippen LogP contribution in [0.5, 0.6) is 5.75 Å². The fraction of sp³-hybridized carbons (Fsp3) is 0.412. The zero-order valence-corrected chi connectivity index (χ0v) is 13.1. The minimum atomic E-state index is -0.657. The molecule has 1 aromatic heterocycles. The zero-order valence-electron chi connectivity index (χ0n) is 13.1. The van der Waals surface area contributed by atoms with Crippen LogP contribution >= 0.6 is 0 Å². The Morgan fingerprint density at radius 3 is 2.78 bits per heavy atom. The van der Waals surface area contributed by atoms with Crippen LogP contribution in [0.2, 0.25) is 0 Å². The van der Waals surface area contributed by atoms with E-state index >= 15 is 0 Å². The van der Waals surface area contributed by atoms with Gasteiger partial charge in [-0.15, -0.1) is 0 Å². The van der Waals surface area contributed by atoms with E-state index in [1.807, 2.05) is 43.4 Å². The predicted molar refractivity (Wildman–Crippen MR) is 85.0 cm³/mol.